The Hall–Kier alpha value is -2.73. The van der Waals surface area contributed by atoms with Gasteiger partial charge in [-0.15, -0.1) is 0 Å². The summed E-state index contributed by atoms with van der Waals surface area (Å²) in [5.74, 6) is 1.39. The molecule has 2 aromatic carbocycles. The van der Waals surface area contributed by atoms with E-state index in [1.165, 1.54) is 5.56 Å². The maximum Gasteiger partial charge on any atom is 0.241 e. The predicted octanol–water partition coefficient (Wildman–Crippen LogP) is 2.71. The molecule has 0 radical (unpaired) electrons. The standard InChI is InChI=1S/C21H27ClN4O2/c1-26(2)20(27)15-25-21(23-13-12-16-4-8-18(22)9-5-16)24-14-17-6-10-19(28-3)11-7-17/h4-11H,12-15H2,1-3H3,(H2,23,24,25). The highest BCUT2D eigenvalue weighted by Gasteiger charge is 2.06. The Balaban J connectivity index is 1.95. The molecule has 2 rings (SSSR count). The van der Waals surface area contributed by atoms with Crippen molar-refractivity contribution in [3.05, 3.63) is 64.7 Å². The fraction of sp³-hybridized carbons (Fsp3) is 0.333. The number of hydrogen-bond donors (Lipinski definition) is 2. The van der Waals surface area contributed by atoms with Crippen LogP contribution in [0.2, 0.25) is 5.02 Å². The van der Waals surface area contributed by atoms with Crippen LogP contribution in [0.25, 0.3) is 0 Å². The van der Waals surface area contributed by atoms with Crippen LogP contribution >= 0.6 is 11.6 Å². The monoisotopic (exact) mass is 402 g/mol. The van der Waals surface area contributed by atoms with Crippen LogP contribution in [0.1, 0.15) is 11.1 Å². The molecule has 150 valence electrons. The van der Waals surface area contributed by atoms with E-state index in [4.69, 9.17) is 16.3 Å². The highest BCUT2D eigenvalue weighted by Crippen LogP contribution is 2.12. The van der Waals surface area contributed by atoms with Gasteiger partial charge in [-0.2, -0.15) is 0 Å². The van der Waals surface area contributed by atoms with Gasteiger partial charge in [0.1, 0.15) is 5.75 Å². The van der Waals surface area contributed by atoms with Crippen molar-refractivity contribution in [3.63, 3.8) is 0 Å². The van der Waals surface area contributed by atoms with E-state index >= 15 is 0 Å². The zero-order valence-electron chi connectivity index (χ0n) is 16.5. The van der Waals surface area contributed by atoms with E-state index in [1.807, 2.05) is 48.5 Å². The van der Waals surface area contributed by atoms with Gasteiger partial charge in [0.25, 0.3) is 0 Å². The summed E-state index contributed by atoms with van der Waals surface area (Å²) in [7, 11) is 5.10. The molecule has 2 N–H and O–H groups in total. The third-order valence-corrected chi connectivity index (χ3v) is 4.36. The zero-order valence-corrected chi connectivity index (χ0v) is 17.3. The van der Waals surface area contributed by atoms with E-state index in [0.717, 1.165) is 22.8 Å². The molecule has 0 aliphatic carbocycles. The molecule has 0 bridgehead atoms. The summed E-state index contributed by atoms with van der Waals surface area (Å²) in [6.07, 6.45) is 0.821. The van der Waals surface area contributed by atoms with Gasteiger partial charge in [0.15, 0.2) is 5.96 Å². The number of hydrogen-bond acceptors (Lipinski definition) is 3. The van der Waals surface area contributed by atoms with Gasteiger partial charge in [0, 0.05) is 25.7 Å². The SMILES string of the molecule is COc1ccc(CN=C(NCCc2ccc(Cl)cc2)NCC(=O)N(C)C)cc1. The van der Waals surface area contributed by atoms with E-state index in [0.29, 0.717) is 19.0 Å². The van der Waals surface area contributed by atoms with Crippen molar-refractivity contribution in [2.45, 2.75) is 13.0 Å². The van der Waals surface area contributed by atoms with Crippen LogP contribution in [-0.2, 0) is 17.8 Å². The molecule has 0 aliphatic heterocycles. The smallest absolute Gasteiger partial charge is 0.241 e. The van der Waals surface area contributed by atoms with Gasteiger partial charge in [-0.3, -0.25) is 4.79 Å². The molecule has 0 spiro atoms. The fourth-order valence-corrected chi connectivity index (χ4v) is 2.50. The molecule has 0 heterocycles. The van der Waals surface area contributed by atoms with Gasteiger partial charge in [-0.1, -0.05) is 35.9 Å². The highest BCUT2D eigenvalue weighted by molar-refractivity contribution is 6.30. The number of halogens is 1. The molecule has 0 fully saturated rings. The number of methoxy groups -OCH3 is 1. The first-order valence-corrected chi connectivity index (χ1v) is 9.45. The number of likely N-dealkylation sites (N-methyl/N-ethyl adjacent to an activating group) is 1. The molecular weight excluding hydrogens is 376 g/mol. The summed E-state index contributed by atoms with van der Waals surface area (Å²) in [6, 6.07) is 15.5. The van der Waals surface area contributed by atoms with Crippen LogP contribution in [0, 0.1) is 0 Å². The normalized spacial score (nSPS) is 11.1. The number of ether oxygens (including phenoxy) is 1. The molecule has 0 unspecified atom stereocenters. The number of carbonyl (C=O) groups excluding carboxylic acids is 1. The van der Waals surface area contributed by atoms with Crippen LogP contribution in [0.15, 0.2) is 53.5 Å². The number of rotatable bonds is 8. The Morgan fingerprint density at radius 2 is 1.68 bits per heavy atom. The van der Waals surface area contributed by atoms with Crippen LogP contribution < -0.4 is 15.4 Å². The number of carbonyl (C=O) groups is 1. The number of guanidine groups is 1. The van der Waals surface area contributed by atoms with Crippen molar-refractivity contribution in [1.29, 1.82) is 0 Å². The summed E-state index contributed by atoms with van der Waals surface area (Å²) in [5, 5.41) is 7.10. The summed E-state index contributed by atoms with van der Waals surface area (Å²) in [5.41, 5.74) is 2.23. The van der Waals surface area contributed by atoms with Gasteiger partial charge < -0.3 is 20.3 Å². The van der Waals surface area contributed by atoms with Crippen molar-refractivity contribution in [1.82, 2.24) is 15.5 Å². The lowest BCUT2D eigenvalue weighted by Crippen LogP contribution is -2.43. The minimum absolute atomic E-state index is 0.0170. The topological polar surface area (TPSA) is 66.0 Å². The van der Waals surface area contributed by atoms with E-state index < -0.39 is 0 Å². The van der Waals surface area contributed by atoms with Crippen molar-refractivity contribution in [3.8, 4) is 5.75 Å². The molecule has 2 aromatic rings. The van der Waals surface area contributed by atoms with E-state index in [-0.39, 0.29) is 12.5 Å². The lowest BCUT2D eigenvalue weighted by Gasteiger charge is -2.15. The molecule has 7 heteroatoms. The minimum Gasteiger partial charge on any atom is -0.497 e. The van der Waals surface area contributed by atoms with Crippen LogP contribution in [0.3, 0.4) is 0 Å². The largest absolute Gasteiger partial charge is 0.497 e. The van der Waals surface area contributed by atoms with E-state index in [9.17, 15) is 4.79 Å². The number of nitrogens with zero attached hydrogens (tertiary/aromatic N) is 2. The van der Waals surface area contributed by atoms with E-state index in [1.54, 1.807) is 26.1 Å². The van der Waals surface area contributed by atoms with E-state index in [2.05, 4.69) is 15.6 Å². The first kappa shape index (κ1) is 21.6. The van der Waals surface area contributed by atoms with Crippen molar-refractivity contribution in [2.75, 3.05) is 34.3 Å². The second-order valence-electron chi connectivity index (χ2n) is 6.46. The third kappa shape index (κ3) is 7.48. The van der Waals surface area contributed by atoms with Crippen LogP contribution in [-0.4, -0.2) is 51.1 Å². The number of aliphatic imine (C=N–C) groups is 1. The van der Waals surface area contributed by atoms with Gasteiger partial charge in [-0.05, 0) is 41.8 Å². The Morgan fingerprint density at radius 3 is 2.29 bits per heavy atom. The molecule has 0 saturated heterocycles. The Labute approximate surface area is 171 Å². The van der Waals surface area contributed by atoms with Crippen LogP contribution in [0.5, 0.6) is 5.75 Å². The second kappa shape index (κ2) is 11.2. The molecule has 0 aromatic heterocycles. The Kier molecular flexibility index (Phi) is 8.62. The second-order valence-corrected chi connectivity index (χ2v) is 6.89. The molecule has 1 amide bonds. The van der Waals surface area contributed by atoms with Crippen LogP contribution in [0.4, 0.5) is 0 Å². The quantitative estimate of drug-likeness (QED) is 0.526. The van der Waals surface area contributed by atoms with Crippen molar-refractivity contribution >= 4 is 23.5 Å². The summed E-state index contributed by atoms with van der Waals surface area (Å²) < 4.78 is 5.17. The molecule has 6 nitrogen and oxygen atoms in total. The maximum absolute atomic E-state index is 11.9. The Bertz CT molecular complexity index is 774. The van der Waals surface area contributed by atoms with Gasteiger partial charge >= 0.3 is 0 Å². The summed E-state index contributed by atoms with van der Waals surface area (Å²) in [6.45, 7) is 1.37. The van der Waals surface area contributed by atoms with Crippen molar-refractivity contribution in [2.24, 2.45) is 4.99 Å². The average Bonchev–Trinajstić information content (AvgIpc) is 2.71. The fourth-order valence-electron chi connectivity index (χ4n) is 2.37. The third-order valence-electron chi connectivity index (χ3n) is 4.10. The lowest BCUT2D eigenvalue weighted by atomic mass is 10.1. The number of benzene rings is 2. The summed E-state index contributed by atoms with van der Waals surface area (Å²) >= 11 is 5.92. The van der Waals surface area contributed by atoms with Gasteiger partial charge in [0.05, 0.1) is 20.2 Å². The van der Waals surface area contributed by atoms with Gasteiger partial charge in [0.2, 0.25) is 5.91 Å². The molecular formula is C21H27ClN4O2. The summed E-state index contributed by atoms with van der Waals surface area (Å²) in [4.78, 5) is 18.0. The first-order chi connectivity index (χ1) is 13.5. The minimum atomic E-state index is -0.0170. The lowest BCUT2D eigenvalue weighted by molar-refractivity contribution is -0.127. The maximum atomic E-state index is 11.9. The van der Waals surface area contributed by atoms with Gasteiger partial charge in [-0.25, -0.2) is 4.99 Å². The Morgan fingerprint density at radius 1 is 1.04 bits per heavy atom. The van der Waals surface area contributed by atoms with Crippen molar-refractivity contribution < 1.29 is 9.53 Å². The zero-order chi connectivity index (χ0) is 20.4. The molecule has 0 atom stereocenters. The predicted molar refractivity (Wildman–Crippen MR) is 114 cm³/mol. The molecule has 0 aliphatic rings. The number of amides is 1. The molecule has 0 saturated carbocycles. The number of nitrogens with one attached hydrogen (secondary N) is 2. The average molecular weight is 403 g/mol. The molecule has 28 heavy (non-hydrogen) atoms. The first-order valence-electron chi connectivity index (χ1n) is 9.07. The highest BCUT2D eigenvalue weighted by atomic mass is 35.5.